The van der Waals surface area contributed by atoms with Crippen molar-refractivity contribution in [1.82, 2.24) is 9.80 Å². The van der Waals surface area contributed by atoms with Crippen LogP contribution in [0.4, 0.5) is 0 Å². The van der Waals surface area contributed by atoms with Crippen molar-refractivity contribution >= 4 is 5.91 Å². The molecule has 3 N–H and O–H groups in total. The lowest BCUT2D eigenvalue weighted by Gasteiger charge is -2.43. The van der Waals surface area contributed by atoms with Gasteiger partial charge in [-0.05, 0) is 26.2 Å². The Labute approximate surface area is 122 Å². The molecule has 0 spiro atoms. The van der Waals surface area contributed by atoms with Gasteiger partial charge in [0.15, 0.2) is 0 Å². The third-order valence-corrected chi connectivity index (χ3v) is 4.78. The quantitative estimate of drug-likeness (QED) is 0.791. The summed E-state index contributed by atoms with van der Waals surface area (Å²) in [7, 11) is 0. The van der Waals surface area contributed by atoms with Crippen molar-refractivity contribution in [1.29, 1.82) is 0 Å². The average Bonchev–Trinajstić information content (AvgIpc) is 2.86. The van der Waals surface area contributed by atoms with Crippen LogP contribution < -0.4 is 5.73 Å². The summed E-state index contributed by atoms with van der Waals surface area (Å²) in [6.45, 7) is 6.97. The summed E-state index contributed by atoms with van der Waals surface area (Å²) in [5.74, 6) is 0.144. The second-order valence-corrected chi connectivity index (χ2v) is 6.52. The molecule has 2 unspecified atom stereocenters. The number of nitrogens with zero attached hydrogens (tertiary/aromatic N) is 2. The van der Waals surface area contributed by atoms with Gasteiger partial charge in [-0.1, -0.05) is 19.8 Å². The fourth-order valence-electron chi connectivity index (χ4n) is 3.58. The molecule has 1 aliphatic carbocycles. The summed E-state index contributed by atoms with van der Waals surface area (Å²) in [5.41, 5.74) is 5.68. The maximum Gasteiger partial charge on any atom is 0.242 e. The number of amides is 1. The number of hydrogen-bond acceptors (Lipinski definition) is 4. The first-order valence-corrected chi connectivity index (χ1v) is 7.96. The average molecular weight is 283 g/mol. The first-order chi connectivity index (χ1) is 9.46. The number of aliphatic hydroxyl groups is 1. The molecule has 1 heterocycles. The fraction of sp³-hybridized carbons (Fsp3) is 0.933. The van der Waals surface area contributed by atoms with E-state index in [1.54, 1.807) is 0 Å². The van der Waals surface area contributed by atoms with Crippen LogP contribution in [-0.4, -0.2) is 64.7 Å². The monoisotopic (exact) mass is 283 g/mol. The van der Waals surface area contributed by atoms with E-state index in [0.29, 0.717) is 12.6 Å². The summed E-state index contributed by atoms with van der Waals surface area (Å²) in [6, 6.07) is 0.340. The van der Waals surface area contributed by atoms with E-state index < -0.39 is 5.54 Å². The minimum atomic E-state index is -0.606. The van der Waals surface area contributed by atoms with Crippen molar-refractivity contribution < 1.29 is 9.90 Å². The van der Waals surface area contributed by atoms with Gasteiger partial charge < -0.3 is 15.7 Å². The minimum absolute atomic E-state index is 0.144. The maximum absolute atomic E-state index is 12.6. The molecule has 0 radical (unpaired) electrons. The first-order valence-electron chi connectivity index (χ1n) is 7.96. The number of β-amino-alcohol motifs (C(OH)–C–C–N with tert-alkyl or cyclic N) is 1. The number of hydrogen-bond donors (Lipinski definition) is 2. The lowest BCUT2D eigenvalue weighted by atomic mass is 9.96. The van der Waals surface area contributed by atoms with Gasteiger partial charge >= 0.3 is 0 Å². The second kappa shape index (κ2) is 6.41. The van der Waals surface area contributed by atoms with Crippen molar-refractivity contribution in [2.45, 2.75) is 63.6 Å². The largest absolute Gasteiger partial charge is 0.392 e. The van der Waals surface area contributed by atoms with E-state index in [9.17, 15) is 9.90 Å². The van der Waals surface area contributed by atoms with Crippen LogP contribution in [0, 0.1) is 0 Å². The van der Waals surface area contributed by atoms with E-state index in [1.807, 2.05) is 11.8 Å². The van der Waals surface area contributed by atoms with Crippen molar-refractivity contribution in [3.8, 4) is 0 Å². The van der Waals surface area contributed by atoms with E-state index in [0.717, 1.165) is 51.7 Å². The highest BCUT2D eigenvalue weighted by atomic mass is 16.3. The molecule has 5 nitrogen and oxygen atoms in total. The molecule has 1 amide bonds. The van der Waals surface area contributed by atoms with Gasteiger partial charge in [0.2, 0.25) is 5.91 Å². The SMILES string of the molecule is CCC1CN(C(=O)C2(N)CCCC2)CCN1CC(C)O. The van der Waals surface area contributed by atoms with Crippen molar-refractivity contribution in [2.24, 2.45) is 5.73 Å². The fourth-order valence-corrected chi connectivity index (χ4v) is 3.58. The Morgan fingerprint density at radius 1 is 1.40 bits per heavy atom. The zero-order valence-electron chi connectivity index (χ0n) is 12.8. The van der Waals surface area contributed by atoms with Crippen LogP contribution >= 0.6 is 0 Å². The van der Waals surface area contributed by atoms with Gasteiger partial charge in [-0.15, -0.1) is 0 Å². The third-order valence-electron chi connectivity index (χ3n) is 4.78. The normalized spacial score (nSPS) is 28.6. The number of nitrogens with two attached hydrogens (primary N) is 1. The van der Waals surface area contributed by atoms with E-state index in [4.69, 9.17) is 5.73 Å². The molecule has 2 fully saturated rings. The van der Waals surface area contributed by atoms with Crippen LogP contribution in [0.3, 0.4) is 0 Å². The molecule has 0 aromatic rings. The summed E-state index contributed by atoms with van der Waals surface area (Å²) >= 11 is 0. The highest BCUT2D eigenvalue weighted by Crippen LogP contribution is 2.30. The predicted molar refractivity (Wildman–Crippen MR) is 79.3 cm³/mol. The van der Waals surface area contributed by atoms with Gasteiger partial charge in [-0.3, -0.25) is 9.69 Å². The number of piperazine rings is 1. The number of carbonyl (C=O) groups is 1. The summed E-state index contributed by atoms with van der Waals surface area (Å²) < 4.78 is 0. The zero-order chi connectivity index (χ0) is 14.8. The van der Waals surface area contributed by atoms with Gasteiger partial charge in [0, 0.05) is 32.2 Å². The summed E-state index contributed by atoms with van der Waals surface area (Å²) in [5, 5.41) is 9.56. The van der Waals surface area contributed by atoms with Crippen LogP contribution in [0.5, 0.6) is 0 Å². The Bertz CT molecular complexity index is 340. The summed E-state index contributed by atoms with van der Waals surface area (Å²) in [6.07, 6.45) is 4.48. The molecule has 0 aromatic heterocycles. The molecule has 1 saturated carbocycles. The van der Waals surface area contributed by atoms with Crippen LogP contribution in [0.2, 0.25) is 0 Å². The molecule has 2 aliphatic rings. The Kier molecular flexibility index (Phi) is 5.04. The number of aliphatic hydroxyl groups excluding tert-OH is 1. The van der Waals surface area contributed by atoms with Gasteiger partial charge in [-0.25, -0.2) is 0 Å². The highest BCUT2D eigenvalue weighted by molar-refractivity contribution is 5.86. The Balaban J connectivity index is 1.97. The van der Waals surface area contributed by atoms with Crippen LogP contribution in [0.25, 0.3) is 0 Å². The predicted octanol–water partition coefficient (Wildman–Crippen LogP) is 0.562. The van der Waals surface area contributed by atoms with Crippen LogP contribution in [0.1, 0.15) is 46.0 Å². The smallest absolute Gasteiger partial charge is 0.242 e. The molecule has 5 heteroatoms. The Morgan fingerprint density at radius 2 is 2.05 bits per heavy atom. The lowest BCUT2D eigenvalue weighted by Crippen LogP contribution is -2.61. The highest BCUT2D eigenvalue weighted by Gasteiger charge is 2.41. The van der Waals surface area contributed by atoms with Crippen LogP contribution in [-0.2, 0) is 4.79 Å². The molecule has 1 aliphatic heterocycles. The van der Waals surface area contributed by atoms with Gasteiger partial charge in [0.1, 0.15) is 0 Å². The van der Waals surface area contributed by atoms with Crippen LogP contribution in [0.15, 0.2) is 0 Å². The zero-order valence-corrected chi connectivity index (χ0v) is 12.8. The van der Waals surface area contributed by atoms with Gasteiger partial charge in [0.25, 0.3) is 0 Å². The first kappa shape index (κ1) is 15.7. The minimum Gasteiger partial charge on any atom is -0.392 e. The van der Waals surface area contributed by atoms with Gasteiger partial charge in [0.05, 0.1) is 11.6 Å². The molecule has 116 valence electrons. The number of rotatable bonds is 4. The van der Waals surface area contributed by atoms with Crippen molar-refractivity contribution in [3.05, 3.63) is 0 Å². The van der Waals surface area contributed by atoms with Gasteiger partial charge in [-0.2, -0.15) is 0 Å². The second-order valence-electron chi connectivity index (χ2n) is 6.52. The summed E-state index contributed by atoms with van der Waals surface area (Å²) in [4.78, 5) is 16.9. The molecule has 20 heavy (non-hydrogen) atoms. The maximum atomic E-state index is 12.6. The third kappa shape index (κ3) is 3.32. The Hall–Kier alpha value is -0.650. The van der Waals surface area contributed by atoms with Crippen molar-refractivity contribution in [3.63, 3.8) is 0 Å². The molecule has 1 saturated heterocycles. The van der Waals surface area contributed by atoms with E-state index in [2.05, 4.69) is 11.8 Å². The topological polar surface area (TPSA) is 69.8 Å². The van der Waals surface area contributed by atoms with E-state index in [1.165, 1.54) is 0 Å². The van der Waals surface area contributed by atoms with E-state index in [-0.39, 0.29) is 12.0 Å². The standard InChI is InChI=1S/C15H29N3O2/c1-3-13-11-18(9-8-17(13)10-12(2)19)14(20)15(16)6-4-5-7-15/h12-13,19H,3-11,16H2,1-2H3. The van der Waals surface area contributed by atoms with E-state index >= 15 is 0 Å². The number of carbonyl (C=O) groups excluding carboxylic acids is 1. The Morgan fingerprint density at radius 3 is 2.60 bits per heavy atom. The molecular weight excluding hydrogens is 254 g/mol. The molecule has 2 rings (SSSR count). The molecule has 0 bridgehead atoms. The molecule has 2 atom stereocenters. The van der Waals surface area contributed by atoms with Crippen molar-refractivity contribution in [2.75, 3.05) is 26.2 Å². The molecule has 0 aromatic carbocycles. The lowest BCUT2D eigenvalue weighted by molar-refractivity contribution is -0.140. The molecular formula is C15H29N3O2.